The topological polar surface area (TPSA) is 65.4 Å². The maximum Gasteiger partial charge on any atom is 0.387 e. The number of nitrogens with one attached hydrogen (secondary N) is 1. The minimum Gasteiger partial charge on any atom is -0.471 e. The van der Waals surface area contributed by atoms with Gasteiger partial charge in [0.1, 0.15) is 11.5 Å². The molecular formula is C21H21F2N3O3. The molecule has 6 nitrogen and oxygen atoms in total. The predicted molar refractivity (Wildman–Crippen MR) is 105 cm³/mol. The number of halogens is 2. The lowest BCUT2D eigenvalue weighted by Gasteiger charge is -2.10. The second-order valence-electron chi connectivity index (χ2n) is 6.59. The number of anilines is 1. The number of aryl methyl sites for hydroxylation is 3. The predicted octanol–water partition coefficient (Wildman–Crippen LogP) is 4.70. The molecule has 8 heteroatoms. The van der Waals surface area contributed by atoms with Gasteiger partial charge < -0.3 is 14.8 Å². The number of hydrogen-bond acceptors (Lipinski definition) is 4. The molecule has 0 atom stereocenters. The monoisotopic (exact) mass is 401 g/mol. The molecule has 29 heavy (non-hydrogen) atoms. The Balaban J connectivity index is 1.62. The number of nitrogens with zero attached hydrogens (tertiary/aromatic N) is 2. The van der Waals surface area contributed by atoms with E-state index in [4.69, 9.17) is 4.74 Å². The Hall–Kier alpha value is -3.42. The van der Waals surface area contributed by atoms with Gasteiger partial charge in [0.05, 0.1) is 0 Å². The average Bonchev–Trinajstić information content (AvgIpc) is 3.13. The first-order valence-corrected chi connectivity index (χ1v) is 8.92. The fraction of sp³-hybridized carbons (Fsp3) is 0.238. The average molecular weight is 401 g/mol. The Morgan fingerprint density at radius 3 is 2.62 bits per heavy atom. The molecule has 0 spiro atoms. The van der Waals surface area contributed by atoms with Crippen LogP contribution >= 0.6 is 0 Å². The molecule has 0 radical (unpaired) electrons. The molecule has 1 heterocycles. The zero-order chi connectivity index (χ0) is 21.0. The van der Waals surface area contributed by atoms with Crippen molar-refractivity contribution in [3.8, 4) is 11.5 Å². The molecule has 1 amide bonds. The summed E-state index contributed by atoms with van der Waals surface area (Å²) < 4.78 is 36.2. The molecule has 0 unspecified atom stereocenters. The highest BCUT2D eigenvalue weighted by Gasteiger charge is 2.13. The van der Waals surface area contributed by atoms with Crippen LogP contribution in [0.1, 0.15) is 27.2 Å². The molecule has 1 N–H and O–H groups in total. The zero-order valence-corrected chi connectivity index (χ0v) is 16.3. The van der Waals surface area contributed by atoms with Gasteiger partial charge in [-0.3, -0.25) is 4.79 Å². The van der Waals surface area contributed by atoms with Gasteiger partial charge in [-0.25, -0.2) is 4.68 Å². The second-order valence-corrected chi connectivity index (χ2v) is 6.59. The Bertz CT molecular complexity index is 1020. The number of aromatic nitrogens is 2. The van der Waals surface area contributed by atoms with Crippen LogP contribution < -0.4 is 14.8 Å². The van der Waals surface area contributed by atoms with Crippen molar-refractivity contribution in [1.29, 1.82) is 0 Å². The highest BCUT2D eigenvalue weighted by atomic mass is 19.3. The molecule has 0 fully saturated rings. The van der Waals surface area contributed by atoms with Crippen LogP contribution in [-0.2, 0) is 6.73 Å². The second kappa shape index (κ2) is 8.72. The normalized spacial score (nSPS) is 10.8. The first kappa shape index (κ1) is 20.3. The minimum absolute atomic E-state index is 0.0309. The summed E-state index contributed by atoms with van der Waals surface area (Å²) in [4.78, 5) is 12.4. The number of hydrogen-bond donors (Lipinski definition) is 1. The van der Waals surface area contributed by atoms with E-state index in [2.05, 4.69) is 15.2 Å². The summed E-state index contributed by atoms with van der Waals surface area (Å²) in [5.74, 6) is 0.373. The first-order valence-electron chi connectivity index (χ1n) is 8.92. The molecule has 0 saturated heterocycles. The molecule has 0 bridgehead atoms. The van der Waals surface area contributed by atoms with E-state index in [0.717, 1.165) is 16.9 Å². The van der Waals surface area contributed by atoms with E-state index in [1.54, 1.807) is 19.2 Å². The van der Waals surface area contributed by atoms with Gasteiger partial charge in [-0.15, -0.1) is 0 Å². The van der Waals surface area contributed by atoms with Crippen LogP contribution in [-0.4, -0.2) is 22.3 Å². The van der Waals surface area contributed by atoms with Crippen LogP contribution in [0, 0.1) is 20.8 Å². The zero-order valence-electron chi connectivity index (χ0n) is 16.3. The van der Waals surface area contributed by atoms with Gasteiger partial charge in [-0.05, 0) is 67.8 Å². The Morgan fingerprint density at radius 1 is 1.10 bits per heavy atom. The fourth-order valence-electron chi connectivity index (χ4n) is 2.69. The van der Waals surface area contributed by atoms with Gasteiger partial charge in [0, 0.05) is 11.9 Å². The number of rotatable bonds is 7. The highest BCUT2D eigenvalue weighted by Crippen LogP contribution is 2.23. The standard InChI is InChI=1S/C21H21F2N3O3/c1-13-4-5-14(2)19(10-13)28-12-26-9-8-18(25-26)20(27)24-17-7-6-16(11-15(17)3)29-21(22)23/h4-11,21H,12H2,1-3H3,(H,24,27). The Morgan fingerprint density at radius 2 is 1.90 bits per heavy atom. The third-order valence-electron chi connectivity index (χ3n) is 4.24. The maximum absolute atomic E-state index is 12.4. The van der Waals surface area contributed by atoms with Crippen molar-refractivity contribution >= 4 is 11.6 Å². The van der Waals surface area contributed by atoms with Crippen molar-refractivity contribution in [2.24, 2.45) is 0 Å². The summed E-state index contributed by atoms with van der Waals surface area (Å²) in [5, 5.41) is 6.93. The number of amides is 1. The maximum atomic E-state index is 12.4. The number of carbonyl (C=O) groups is 1. The summed E-state index contributed by atoms with van der Waals surface area (Å²) in [5.41, 5.74) is 3.38. The van der Waals surface area contributed by atoms with Crippen molar-refractivity contribution in [3.05, 3.63) is 71.0 Å². The van der Waals surface area contributed by atoms with Crippen LogP contribution in [0.4, 0.5) is 14.5 Å². The molecule has 0 aliphatic carbocycles. The van der Waals surface area contributed by atoms with Gasteiger partial charge in [0.25, 0.3) is 5.91 Å². The van der Waals surface area contributed by atoms with E-state index >= 15 is 0 Å². The van der Waals surface area contributed by atoms with Crippen LogP contribution in [0.2, 0.25) is 0 Å². The number of carbonyl (C=O) groups excluding carboxylic acids is 1. The first-order chi connectivity index (χ1) is 13.8. The third kappa shape index (κ3) is 5.31. The molecule has 2 aromatic carbocycles. The van der Waals surface area contributed by atoms with E-state index in [1.807, 2.05) is 32.0 Å². The largest absolute Gasteiger partial charge is 0.471 e. The SMILES string of the molecule is Cc1ccc(C)c(OCn2ccc(C(=O)Nc3ccc(OC(F)F)cc3C)n2)c1. The van der Waals surface area contributed by atoms with Gasteiger partial charge in [0.2, 0.25) is 0 Å². The van der Waals surface area contributed by atoms with Gasteiger partial charge in [0.15, 0.2) is 12.4 Å². The summed E-state index contributed by atoms with van der Waals surface area (Å²) in [6, 6.07) is 11.8. The summed E-state index contributed by atoms with van der Waals surface area (Å²) in [6.07, 6.45) is 1.65. The number of benzene rings is 2. The summed E-state index contributed by atoms with van der Waals surface area (Å²) in [7, 11) is 0. The smallest absolute Gasteiger partial charge is 0.387 e. The third-order valence-corrected chi connectivity index (χ3v) is 4.24. The molecule has 152 valence electrons. The molecular weight excluding hydrogens is 380 g/mol. The lowest BCUT2D eigenvalue weighted by atomic mass is 10.1. The van der Waals surface area contributed by atoms with Gasteiger partial charge >= 0.3 is 6.61 Å². The van der Waals surface area contributed by atoms with Crippen molar-refractivity contribution in [2.45, 2.75) is 34.1 Å². The fourth-order valence-corrected chi connectivity index (χ4v) is 2.69. The van der Waals surface area contributed by atoms with Crippen molar-refractivity contribution < 1.29 is 23.0 Å². The molecule has 1 aromatic heterocycles. The van der Waals surface area contributed by atoms with E-state index in [0.29, 0.717) is 11.3 Å². The van der Waals surface area contributed by atoms with Gasteiger partial charge in [-0.1, -0.05) is 12.1 Å². The quantitative estimate of drug-likeness (QED) is 0.623. The summed E-state index contributed by atoms with van der Waals surface area (Å²) >= 11 is 0. The Labute approximate surface area is 167 Å². The van der Waals surface area contributed by atoms with Crippen LogP contribution in [0.25, 0.3) is 0 Å². The molecule has 0 saturated carbocycles. The van der Waals surface area contributed by atoms with E-state index < -0.39 is 12.5 Å². The lowest BCUT2D eigenvalue weighted by Crippen LogP contribution is -2.15. The molecule has 0 aliphatic rings. The molecule has 3 rings (SSSR count). The molecule has 0 aliphatic heterocycles. The van der Waals surface area contributed by atoms with Crippen LogP contribution in [0.3, 0.4) is 0 Å². The van der Waals surface area contributed by atoms with Crippen molar-refractivity contribution in [3.63, 3.8) is 0 Å². The Kier molecular flexibility index (Phi) is 6.11. The number of alkyl halides is 2. The lowest BCUT2D eigenvalue weighted by molar-refractivity contribution is -0.0498. The molecule has 3 aromatic rings. The number of ether oxygens (including phenoxy) is 2. The van der Waals surface area contributed by atoms with Crippen molar-refractivity contribution in [2.75, 3.05) is 5.32 Å². The highest BCUT2D eigenvalue weighted by molar-refractivity contribution is 6.03. The van der Waals surface area contributed by atoms with E-state index in [9.17, 15) is 13.6 Å². The van der Waals surface area contributed by atoms with Gasteiger partial charge in [-0.2, -0.15) is 13.9 Å². The van der Waals surface area contributed by atoms with E-state index in [1.165, 1.54) is 22.9 Å². The van der Waals surface area contributed by atoms with Crippen LogP contribution in [0.5, 0.6) is 11.5 Å². The summed E-state index contributed by atoms with van der Waals surface area (Å²) in [6.45, 7) is 2.89. The van der Waals surface area contributed by atoms with E-state index in [-0.39, 0.29) is 18.2 Å². The van der Waals surface area contributed by atoms with Crippen LogP contribution in [0.15, 0.2) is 48.7 Å². The minimum atomic E-state index is -2.90. The van der Waals surface area contributed by atoms with Crippen molar-refractivity contribution in [1.82, 2.24) is 9.78 Å².